The molecule has 0 radical (unpaired) electrons. The minimum Gasteiger partial charge on any atom is -0.303 e. The third-order valence-corrected chi connectivity index (χ3v) is 2.91. The molecule has 2 unspecified atom stereocenters. The Morgan fingerprint density at radius 3 is 2.22 bits per heavy atom. The number of rotatable bonds is 2. The molecule has 0 aliphatic heterocycles. The molecular formula is C8H12O. The average molecular weight is 124 g/mol. The van der Waals surface area contributed by atoms with Crippen molar-refractivity contribution in [3.8, 4) is 0 Å². The van der Waals surface area contributed by atoms with Crippen LogP contribution in [0.5, 0.6) is 0 Å². The SMILES string of the molecule is CC1CC1C1(C=O)CC1. The molecule has 2 atom stereocenters. The summed E-state index contributed by atoms with van der Waals surface area (Å²) >= 11 is 0. The zero-order valence-corrected chi connectivity index (χ0v) is 5.76. The van der Waals surface area contributed by atoms with Crippen molar-refractivity contribution in [2.45, 2.75) is 26.2 Å². The highest BCUT2D eigenvalue weighted by molar-refractivity contribution is 5.65. The Kier molecular flexibility index (Phi) is 0.842. The van der Waals surface area contributed by atoms with Gasteiger partial charge in [0.15, 0.2) is 0 Å². The van der Waals surface area contributed by atoms with Crippen molar-refractivity contribution in [2.24, 2.45) is 17.3 Å². The molecule has 50 valence electrons. The molecule has 0 spiro atoms. The zero-order chi connectivity index (χ0) is 6.48. The van der Waals surface area contributed by atoms with E-state index in [9.17, 15) is 4.79 Å². The second kappa shape index (κ2) is 1.39. The van der Waals surface area contributed by atoms with Gasteiger partial charge in [0.2, 0.25) is 0 Å². The van der Waals surface area contributed by atoms with E-state index in [0.29, 0.717) is 0 Å². The van der Waals surface area contributed by atoms with Crippen LogP contribution in [-0.4, -0.2) is 6.29 Å². The normalized spacial score (nSPS) is 44.1. The van der Waals surface area contributed by atoms with Gasteiger partial charge in [0.1, 0.15) is 6.29 Å². The standard InChI is InChI=1S/C8H12O/c1-6-4-7(6)8(5-9)2-3-8/h5-7H,2-4H2,1H3. The second-order valence-corrected chi connectivity index (χ2v) is 3.67. The van der Waals surface area contributed by atoms with Crippen LogP contribution in [0.3, 0.4) is 0 Å². The monoisotopic (exact) mass is 124 g/mol. The summed E-state index contributed by atoms with van der Waals surface area (Å²) in [7, 11) is 0. The average Bonchev–Trinajstić information content (AvgIpc) is 2.63. The van der Waals surface area contributed by atoms with Crippen LogP contribution in [0.25, 0.3) is 0 Å². The Bertz CT molecular complexity index is 147. The van der Waals surface area contributed by atoms with E-state index in [1.54, 1.807) is 0 Å². The van der Waals surface area contributed by atoms with Crippen LogP contribution in [0.4, 0.5) is 0 Å². The fourth-order valence-electron chi connectivity index (χ4n) is 1.84. The molecule has 2 rings (SSSR count). The van der Waals surface area contributed by atoms with E-state index in [4.69, 9.17) is 0 Å². The van der Waals surface area contributed by atoms with E-state index < -0.39 is 0 Å². The first kappa shape index (κ1) is 5.45. The summed E-state index contributed by atoms with van der Waals surface area (Å²) in [6.45, 7) is 2.24. The summed E-state index contributed by atoms with van der Waals surface area (Å²) in [5.41, 5.74) is 0.194. The first-order chi connectivity index (χ1) is 4.28. The summed E-state index contributed by atoms with van der Waals surface area (Å²) in [5, 5.41) is 0. The number of carbonyl (C=O) groups excluding carboxylic acids is 1. The van der Waals surface area contributed by atoms with Crippen LogP contribution in [-0.2, 0) is 4.79 Å². The Hall–Kier alpha value is -0.330. The highest BCUT2D eigenvalue weighted by Crippen LogP contribution is 2.62. The van der Waals surface area contributed by atoms with Gasteiger partial charge in [-0.25, -0.2) is 0 Å². The van der Waals surface area contributed by atoms with Gasteiger partial charge in [0.05, 0.1) is 0 Å². The fraction of sp³-hybridized carbons (Fsp3) is 0.875. The lowest BCUT2D eigenvalue weighted by molar-refractivity contribution is -0.112. The molecule has 2 saturated carbocycles. The van der Waals surface area contributed by atoms with Gasteiger partial charge in [-0.15, -0.1) is 0 Å². The van der Waals surface area contributed by atoms with E-state index in [2.05, 4.69) is 6.92 Å². The highest BCUT2D eigenvalue weighted by Gasteiger charge is 2.57. The first-order valence-corrected chi connectivity index (χ1v) is 3.75. The third-order valence-electron chi connectivity index (χ3n) is 2.91. The Morgan fingerprint density at radius 1 is 1.56 bits per heavy atom. The maximum absolute atomic E-state index is 10.5. The highest BCUT2D eigenvalue weighted by atomic mass is 16.1. The Balaban J connectivity index is 2.05. The molecule has 2 fully saturated rings. The molecule has 0 N–H and O–H groups in total. The van der Waals surface area contributed by atoms with Crippen molar-refractivity contribution in [1.29, 1.82) is 0 Å². The molecule has 0 aromatic rings. The summed E-state index contributed by atoms with van der Waals surface area (Å²) in [6.07, 6.45) is 4.84. The van der Waals surface area contributed by atoms with Gasteiger partial charge >= 0.3 is 0 Å². The van der Waals surface area contributed by atoms with Crippen LogP contribution >= 0.6 is 0 Å². The van der Waals surface area contributed by atoms with Gasteiger partial charge < -0.3 is 4.79 Å². The molecule has 1 nitrogen and oxygen atoms in total. The lowest BCUT2D eigenvalue weighted by Crippen LogP contribution is -2.04. The van der Waals surface area contributed by atoms with Crippen molar-refractivity contribution in [3.05, 3.63) is 0 Å². The largest absolute Gasteiger partial charge is 0.303 e. The van der Waals surface area contributed by atoms with Crippen molar-refractivity contribution in [3.63, 3.8) is 0 Å². The molecule has 2 aliphatic rings. The van der Waals surface area contributed by atoms with Crippen LogP contribution in [0.15, 0.2) is 0 Å². The van der Waals surface area contributed by atoms with Crippen molar-refractivity contribution >= 4 is 6.29 Å². The van der Waals surface area contributed by atoms with E-state index in [0.717, 1.165) is 11.8 Å². The predicted octanol–water partition coefficient (Wildman–Crippen LogP) is 1.62. The maximum Gasteiger partial charge on any atom is 0.126 e. The number of hydrogen-bond donors (Lipinski definition) is 0. The molecule has 0 amide bonds. The van der Waals surface area contributed by atoms with Crippen molar-refractivity contribution in [2.75, 3.05) is 0 Å². The first-order valence-electron chi connectivity index (χ1n) is 3.75. The van der Waals surface area contributed by atoms with Crippen LogP contribution in [0.1, 0.15) is 26.2 Å². The van der Waals surface area contributed by atoms with Crippen LogP contribution < -0.4 is 0 Å². The number of aldehydes is 1. The van der Waals surface area contributed by atoms with Gasteiger partial charge in [-0.1, -0.05) is 6.92 Å². The zero-order valence-electron chi connectivity index (χ0n) is 5.76. The molecule has 2 aliphatic carbocycles. The maximum atomic E-state index is 10.5. The summed E-state index contributed by atoms with van der Waals surface area (Å²) < 4.78 is 0. The minimum absolute atomic E-state index is 0.194. The lowest BCUT2D eigenvalue weighted by Gasteiger charge is -2.01. The van der Waals surface area contributed by atoms with Gasteiger partial charge in [-0.05, 0) is 31.1 Å². The molecule has 0 aromatic carbocycles. The molecular weight excluding hydrogens is 112 g/mol. The molecule has 9 heavy (non-hydrogen) atoms. The second-order valence-electron chi connectivity index (χ2n) is 3.67. The molecule has 0 heterocycles. The molecule has 0 saturated heterocycles. The van der Waals surface area contributed by atoms with Crippen LogP contribution in [0.2, 0.25) is 0 Å². The van der Waals surface area contributed by atoms with Crippen molar-refractivity contribution in [1.82, 2.24) is 0 Å². The third kappa shape index (κ3) is 0.637. The minimum atomic E-state index is 0.194. The number of carbonyl (C=O) groups is 1. The predicted molar refractivity (Wildman–Crippen MR) is 35.0 cm³/mol. The van der Waals surface area contributed by atoms with Crippen molar-refractivity contribution < 1.29 is 4.79 Å². The lowest BCUT2D eigenvalue weighted by atomic mass is 10.0. The van der Waals surface area contributed by atoms with Gasteiger partial charge in [0.25, 0.3) is 0 Å². The van der Waals surface area contributed by atoms with Gasteiger partial charge in [0, 0.05) is 5.41 Å². The Labute approximate surface area is 55.4 Å². The molecule has 0 bridgehead atoms. The molecule has 1 heteroatoms. The van der Waals surface area contributed by atoms with E-state index in [1.807, 2.05) is 0 Å². The smallest absolute Gasteiger partial charge is 0.126 e. The van der Waals surface area contributed by atoms with E-state index in [-0.39, 0.29) is 5.41 Å². The van der Waals surface area contributed by atoms with E-state index in [1.165, 1.54) is 25.5 Å². The van der Waals surface area contributed by atoms with Crippen LogP contribution in [0, 0.1) is 17.3 Å². The summed E-state index contributed by atoms with van der Waals surface area (Å²) in [6, 6.07) is 0. The molecule has 0 aromatic heterocycles. The number of hydrogen-bond acceptors (Lipinski definition) is 1. The summed E-state index contributed by atoms with van der Waals surface area (Å²) in [4.78, 5) is 10.5. The summed E-state index contributed by atoms with van der Waals surface area (Å²) in [5.74, 6) is 1.62. The topological polar surface area (TPSA) is 17.1 Å². The van der Waals surface area contributed by atoms with Gasteiger partial charge in [-0.2, -0.15) is 0 Å². The Morgan fingerprint density at radius 2 is 2.11 bits per heavy atom. The van der Waals surface area contributed by atoms with E-state index >= 15 is 0 Å². The van der Waals surface area contributed by atoms with Gasteiger partial charge in [-0.3, -0.25) is 0 Å². The fourth-order valence-corrected chi connectivity index (χ4v) is 1.84. The quantitative estimate of drug-likeness (QED) is 0.511.